The summed E-state index contributed by atoms with van der Waals surface area (Å²) in [5, 5.41) is 13.3. The first kappa shape index (κ1) is 16.3. The third-order valence-electron chi connectivity index (χ3n) is 3.44. The van der Waals surface area contributed by atoms with Crippen LogP contribution in [0.25, 0.3) is 0 Å². The van der Waals surface area contributed by atoms with Crippen LogP contribution in [-0.2, 0) is 5.75 Å². The molecule has 0 atom stereocenters. The van der Waals surface area contributed by atoms with Gasteiger partial charge in [0.15, 0.2) is 0 Å². The van der Waals surface area contributed by atoms with Gasteiger partial charge in [0.25, 0.3) is 0 Å². The van der Waals surface area contributed by atoms with Crippen molar-refractivity contribution in [1.29, 1.82) is 0 Å². The minimum absolute atomic E-state index is 0.764. The predicted octanol–water partition coefficient (Wildman–Crippen LogP) is 3.77. The van der Waals surface area contributed by atoms with Crippen LogP contribution in [0.4, 0.5) is 0 Å². The van der Waals surface area contributed by atoms with Gasteiger partial charge >= 0.3 is 0 Å². The van der Waals surface area contributed by atoms with Gasteiger partial charge < -0.3 is 4.74 Å². The van der Waals surface area contributed by atoms with E-state index in [4.69, 9.17) is 4.74 Å². The molecule has 0 spiro atoms. The van der Waals surface area contributed by atoms with Gasteiger partial charge in [-0.1, -0.05) is 41.6 Å². The van der Waals surface area contributed by atoms with Gasteiger partial charge in [0.1, 0.15) is 12.1 Å². The average molecular weight is 338 g/mol. The van der Waals surface area contributed by atoms with Gasteiger partial charge in [-0.2, -0.15) is 9.78 Å². The van der Waals surface area contributed by atoms with E-state index < -0.39 is 0 Å². The van der Waals surface area contributed by atoms with Gasteiger partial charge in [-0.05, 0) is 42.3 Å². The van der Waals surface area contributed by atoms with Crippen LogP contribution in [0, 0.1) is 6.92 Å². The number of ether oxygens (including phenoxy) is 1. The third-order valence-corrected chi connectivity index (χ3v) is 4.44. The molecule has 3 aromatic rings. The van der Waals surface area contributed by atoms with E-state index in [1.807, 2.05) is 24.3 Å². The molecular weight excluding hydrogens is 320 g/mol. The molecule has 1 aromatic heterocycles. The SMILES string of the molecule is COc1ccc(/C=N\n2cnnc2SCc2ccc(C)cc2)cc1. The van der Waals surface area contributed by atoms with Crippen LogP contribution in [0.5, 0.6) is 5.75 Å². The van der Waals surface area contributed by atoms with Gasteiger partial charge in [0.05, 0.1) is 13.3 Å². The fraction of sp³-hybridized carbons (Fsp3) is 0.167. The van der Waals surface area contributed by atoms with Crippen molar-refractivity contribution in [2.24, 2.45) is 5.10 Å². The van der Waals surface area contributed by atoms with Crippen LogP contribution in [0.3, 0.4) is 0 Å². The van der Waals surface area contributed by atoms with E-state index in [0.717, 1.165) is 22.2 Å². The molecule has 24 heavy (non-hydrogen) atoms. The third kappa shape index (κ3) is 4.23. The summed E-state index contributed by atoms with van der Waals surface area (Å²) < 4.78 is 6.83. The molecule has 6 heteroatoms. The maximum Gasteiger partial charge on any atom is 0.212 e. The number of thioether (sulfide) groups is 1. The van der Waals surface area contributed by atoms with E-state index in [9.17, 15) is 0 Å². The Morgan fingerprint density at radius 1 is 1.12 bits per heavy atom. The number of rotatable bonds is 6. The highest BCUT2D eigenvalue weighted by molar-refractivity contribution is 7.98. The zero-order valence-corrected chi connectivity index (χ0v) is 14.4. The number of methoxy groups -OCH3 is 1. The van der Waals surface area contributed by atoms with Crippen molar-refractivity contribution in [1.82, 2.24) is 14.9 Å². The maximum absolute atomic E-state index is 5.15. The Bertz CT molecular complexity index is 810. The molecule has 0 N–H and O–H groups in total. The van der Waals surface area contributed by atoms with Crippen molar-refractivity contribution < 1.29 is 4.74 Å². The lowest BCUT2D eigenvalue weighted by atomic mass is 10.2. The predicted molar refractivity (Wildman–Crippen MR) is 96.7 cm³/mol. The first-order valence-electron chi connectivity index (χ1n) is 7.51. The number of hydrogen-bond acceptors (Lipinski definition) is 5. The van der Waals surface area contributed by atoms with Crippen molar-refractivity contribution in [3.05, 3.63) is 71.5 Å². The molecule has 122 valence electrons. The fourth-order valence-electron chi connectivity index (χ4n) is 2.04. The standard InChI is InChI=1S/C18H18N4OS/c1-14-3-5-16(6-4-14)12-24-18-21-19-13-22(18)20-11-15-7-9-17(23-2)10-8-15/h3-11,13H,12H2,1-2H3/b20-11-. The van der Waals surface area contributed by atoms with Gasteiger partial charge in [0, 0.05) is 5.75 Å². The zero-order valence-electron chi connectivity index (χ0n) is 13.6. The molecular formula is C18H18N4OS. The quantitative estimate of drug-likeness (QED) is 0.507. The molecule has 0 aliphatic heterocycles. The van der Waals surface area contributed by atoms with E-state index in [2.05, 4.69) is 46.5 Å². The van der Waals surface area contributed by atoms with E-state index in [0.29, 0.717) is 0 Å². The summed E-state index contributed by atoms with van der Waals surface area (Å²) in [6.07, 6.45) is 3.39. The molecule has 0 amide bonds. The lowest BCUT2D eigenvalue weighted by Gasteiger charge is -2.02. The summed E-state index contributed by atoms with van der Waals surface area (Å²) in [5.74, 6) is 1.66. The Hall–Kier alpha value is -2.60. The summed E-state index contributed by atoms with van der Waals surface area (Å²) in [7, 11) is 1.65. The molecule has 3 rings (SSSR count). The van der Waals surface area contributed by atoms with E-state index in [-0.39, 0.29) is 0 Å². The maximum atomic E-state index is 5.15. The molecule has 5 nitrogen and oxygen atoms in total. The van der Waals surface area contributed by atoms with Crippen molar-refractivity contribution in [3.63, 3.8) is 0 Å². The average Bonchev–Trinajstić information content (AvgIpc) is 3.07. The smallest absolute Gasteiger partial charge is 0.212 e. The number of hydrogen-bond donors (Lipinski definition) is 0. The van der Waals surface area contributed by atoms with Crippen LogP contribution in [0.15, 0.2) is 65.1 Å². The highest BCUT2D eigenvalue weighted by atomic mass is 32.2. The molecule has 0 aliphatic rings. The Labute approximate surface area is 145 Å². The minimum atomic E-state index is 0.764. The van der Waals surface area contributed by atoms with E-state index in [1.54, 1.807) is 36.1 Å². The van der Waals surface area contributed by atoms with Gasteiger partial charge in [-0.15, -0.1) is 10.2 Å². The Morgan fingerprint density at radius 2 is 1.88 bits per heavy atom. The summed E-state index contributed by atoms with van der Waals surface area (Å²) in [4.78, 5) is 0. The summed E-state index contributed by atoms with van der Waals surface area (Å²) in [6, 6.07) is 16.2. The van der Waals surface area contributed by atoms with Crippen LogP contribution < -0.4 is 4.74 Å². The first-order chi connectivity index (χ1) is 11.7. The second kappa shape index (κ2) is 7.79. The first-order valence-corrected chi connectivity index (χ1v) is 8.50. The molecule has 0 aliphatic carbocycles. The monoisotopic (exact) mass is 338 g/mol. The van der Waals surface area contributed by atoms with Crippen LogP contribution in [-0.4, -0.2) is 28.2 Å². The topological polar surface area (TPSA) is 52.3 Å². The minimum Gasteiger partial charge on any atom is -0.497 e. The van der Waals surface area contributed by atoms with Gasteiger partial charge in [-0.3, -0.25) is 0 Å². The van der Waals surface area contributed by atoms with Crippen molar-refractivity contribution >= 4 is 18.0 Å². The number of aryl methyl sites for hydroxylation is 1. The molecule has 0 saturated heterocycles. The number of aromatic nitrogens is 3. The Morgan fingerprint density at radius 3 is 2.58 bits per heavy atom. The van der Waals surface area contributed by atoms with E-state index >= 15 is 0 Å². The molecule has 0 bridgehead atoms. The summed E-state index contributed by atoms with van der Waals surface area (Å²) in [6.45, 7) is 2.08. The van der Waals surface area contributed by atoms with Crippen LogP contribution >= 0.6 is 11.8 Å². The highest BCUT2D eigenvalue weighted by Gasteiger charge is 2.04. The zero-order chi connectivity index (χ0) is 16.8. The second-order valence-corrected chi connectivity index (χ2v) is 6.19. The molecule has 0 fully saturated rings. The molecule has 2 aromatic carbocycles. The largest absolute Gasteiger partial charge is 0.497 e. The number of nitrogens with zero attached hydrogens (tertiary/aromatic N) is 4. The summed E-state index contributed by atoms with van der Waals surface area (Å²) >= 11 is 1.61. The van der Waals surface area contributed by atoms with E-state index in [1.165, 1.54) is 11.1 Å². The molecule has 0 unspecified atom stereocenters. The lowest BCUT2D eigenvalue weighted by molar-refractivity contribution is 0.415. The second-order valence-electron chi connectivity index (χ2n) is 5.25. The van der Waals surface area contributed by atoms with Gasteiger partial charge in [-0.25, -0.2) is 0 Å². The molecule has 0 saturated carbocycles. The number of benzene rings is 2. The molecule has 0 radical (unpaired) electrons. The Kier molecular flexibility index (Phi) is 5.28. The van der Waals surface area contributed by atoms with Crippen LogP contribution in [0.2, 0.25) is 0 Å². The highest BCUT2D eigenvalue weighted by Crippen LogP contribution is 2.20. The lowest BCUT2D eigenvalue weighted by Crippen LogP contribution is -1.93. The normalized spacial score (nSPS) is 11.1. The van der Waals surface area contributed by atoms with Crippen molar-refractivity contribution in [2.75, 3.05) is 7.11 Å². The van der Waals surface area contributed by atoms with Gasteiger partial charge in [0.2, 0.25) is 5.16 Å². The fourth-order valence-corrected chi connectivity index (χ4v) is 2.86. The van der Waals surface area contributed by atoms with Crippen molar-refractivity contribution in [2.45, 2.75) is 17.8 Å². The Balaban J connectivity index is 1.65. The van der Waals surface area contributed by atoms with Crippen LogP contribution in [0.1, 0.15) is 16.7 Å². The summed E-state index contributed by atoms with van der Waals surface area (Å²) in [5.41, 5.74) is 3.49. The molecule has 1 heterocycles. The van der Waals surface area contributed by atoms with Crippen molar-refractivity contribution in [3.8, 4) is 5.75 Å².